The molecule has 0 spiro atoms. The Labute approximate surface area is 115 Å². The number of methoxy groups -OCH3 is 1. The van der Waals surface area contributed by atoms with Crippen molar-refractivity contribution in [3.05, 3.63) is 18.2 Å². The van der Waals surface area contributed by atoms with Gasteiger partial charge in [-0.2, -0.15) is 0 Å². The van der Waals surface area contributed by atoms with Crippen LogP contribution in [0.1, 0.15) is 38.8 Å². The first-order valence-corrected chi connectivity index (χ1v) is 7.23. The van der Waals surface area contributed by atoms with Crippen molar-refractivity contribution in [2.75, 3.05) is 25.3 Å². The summed E-state index contributed by atoms with van der Waals surface area (Å²) >= 11 is 0. The Hall–Kier alpha value is -1.07. The molecule has 5 nitrogen and oxygen atoms in total. The summed E-state index contributed by atoms with van der Waals surface area (Å²) in [6, 6.07) is 1.16. The average Bonchev–Trinajstić information content (AvgIpc) is 2.83. The van der Waals surface area contributed by atoms with Gasteiger partial charge in [-0.05, 0) is 33.1 Å². The van der Waals surface area contributed by atoms with Crippen LogP contribution in [0, 0.1) is 0 Å². The van der Waals surface area contributed by atoms with Gasteiger partial charge in [0.05, 0.1) is 18.5 Å². The SMILES string of the molecule is COCCNCc1cncn1N1C(C)CCCC1C. The Kier molecular flexibility index (Phi) is 5.22. The monoisotopic (exact) mass is 266 g/mol. The predicted octanol–water partition coefficient (Wildman–Crippen LogP) is 1.52. The van der Waals surface area contributed by atoms with Gasteiger partial charge in [0.1, 0.15) is 6.33 Å². The minimum Gasteiger partial charge on any atom is -0.383 e. The Bertz CT molecular complexity index is 369. The zero-order chi connectivity index (χ0) is 13.7. The van der Waals surface area contributed by atoms with Gasteiger partial charge in [-0.25, -0.2) is 9.66 Å². The van der Waals surface area contributed by atoms with Crippen LogP contribution in [0.15, 0.2) is 12.5 Å². The van der Waals surface area contributed by atoms with E-state index in [1.54, 1.807) is 7.11 Å². The van der Waals surface area contributed by atoms with Crippen LogP contribution in [0.25, 0.3) is 0 Å². The Morgan fingerprint density at radius 1 is 1.37 bits per heavy atom. The maximum absolute atomic E-state index is 5.05. The highest BCUT2D eigenvalue weighted by Gasteiger charge is 2.26. The second-order valence-electron chi connectivity index (χ2n) is 5.41. The minimum absolute atomic E-state index is 0.579. The van der Waals surface area contributed by atoms with Crippen LogP contribution in [0.2, 0.25) is 0 Å². The first-order valence-electron chi connectivity index (χ1n) is 7.23. The van der Waals surface area contributed by atoms with E-state index in [0.29, 0.717) is 12.1 Å². The molecule has 1 aromatic rings. The lowest BCUT2D eigenvalue weighted by Crippen LogP contribution is -2.51. The lowest BCUT2D eigenvalue weighted by atomic mass is 10.00. The number of imidazole rings is 1. The average molecular weight is 266 g/mol. The largest absolute Gasteiger partial charge is 0.383 e. The maximum Gasteiger partial charge on any atom is 0.114 e. The molecule has 1 saturated heterocycles. The predicted molar refractivity (Wildman–Crippen MR) is 76.8 cm³/mol. The third-order valence-electron chi connectivity index (χ3n) is 3.88. The molecule has 2 rings (SSSR count). The fourth-order valence-corrected chi connectivity index (χ4v) is 2.87. The molecule has 1 aliphatic heterocycles. The van der Waals surface area contributed by atoms with Crippen LogP contribution < -0.4 is 10.3 Å². The van der Waals surface area contributed by atoms with Crippen molar-refractivity contribution >= 4 is 0 Å². The van der Waals surface area contributed by atoms with E-state index >= 15 is 0 Å². The molecule has 0 radical (unpaired) electrons. The van der Waals surface area contributed by atoms with Crippen molar-refractivity contribution in [2.24, 2.45) is 0 Å². The highest BCUT2D eigenvalue weighted by atomic mass is 16.5. The van der Waals surface area contributed by atoms with Crippen molar-refractivity contribution < 1.29 is 4.74 Å². The standard InChI is InChI=1S/C14H26N4O/c1-12-5-4-6-13(2)18(12)17-11-16-10-14(17)9-15-7-8-19-3/h10-13,15H,4-9H2,1-3H3. The van der Waals surface area contributed by atoms with Crippen LogP contribution in [0.3, 0.4) is 0 Å². The topological polar surface area (TPSA) is 42.3 Å². The minimum atomic E-state index is 0.579. The van der Waals surface area contributed by atoms with E-state index in [-0.39, 0.29) is 0 Å². The maximum atomic E-state index is 5.05. The summed E-state index contributed by atoms with van der Waals surface area (Å²) in [4.78, 5) is 4.32. The van der Waals surface area contributed by atoms with E-state index in [9.17, 15) is 0 Å². The number of piperidine rings is 1. The second kappa shape index (κ2) is 6.91. The molecule has 0 amide bonds. The summed E-state index contributed by atoms with van der Waals surface area (Å²) in [5.41, 5.74) is 1.22. The van der Waals surface area contributed by atoms with Gasteiger partial charge in [0.2, 0.25) is 0 Å². The number of aromatic nitrogens is 2. The molecule has 0 saturated carbocycles. The van der Waals surface area contributed by atoms with Gasteiger partial charge >= 0.3 is 0 Å². The summed E-state index contributed by atoms with van der Waals surface area (Å²) in [5, 5.41) is 5.85. The van der Waals surface area contributed by atoms with E-state index in [1.807, 2.05) is 12.5 Å². The van der Waals surface area contributed by atoms with Gasteiger partial charge in [0.25, 0.3) is 0 Å². The number of hydrogen-bond acceptors (Lipinski definition) is 4. The molecule has 5 heteroatoms. The molecular weight excluding hydrogens is 240 g/mol. The summed E-state index contributed by atoms with van der Waals surface area (Å²) in [7, 11) is 1.73. The van der Waals surface area contributed by atoms with Crippen LogP contribution in [0.4, 0.5) is 0 Å². The lowest BCUT2D eigenvalue weighted by Gasteiger charge is -2.41. The van der Waals surface area contributed by atoms with Gasteiger partial charge in [-0.3, -0.25) is 0 Å². The number of rotatable bonds is 6. The molecule has 0 aliphatic carbocycles. The second-order valence-corrected chi connectivity index (χ2v) is 5.41. The summed E-state index contributed by atoms with van der Waals surface area (Å²) in [6.07, 6.45) is 7.74. The van der Waals surface area contributed by atoms with Crippen LogP contribution in [-0.2, 0) is 11.3 Å². The molecule has 2 unspecified atom stereocenters. The molecule has 108 valence electrons. The van der Waals surface area contributed by atoms with Gasteiger partial charge < -0.3 is 15.1 Å². The molecule has 1 N–H and O–H groups in total. The van der Waals surface area contributed by atoms with Crippen molar-refractivity contribution in [2.45, 2.75) is 51.7 Å². The lowest BCUT2D eigenvalue weighted by molar-refractivity contribution is 0.198. The zero-order valence-electron chi connectivity index (χ0n) is 12.3. The van der Waals surface area contributed by atoms with Crippen LogP contribution in [-0.4, -0.2) is 42.0 Å². The normalized spacial score (nSPS) is 23.8. The summed E-state index contributed by atoms with van der Waals surface area (Å²) < 4.78 is 7.28. The third-order valence-corrected chi connectivity index (χ3v) is 3.88. The highest BCUT2D eigenvalue weighted by Crippen LogP contribution is 2.22. The fourth-order valence-electron chi connectivity index (χ4n) is 2.87. The van der Waals surface area contributed by atoms with Crippen LogP contribution >= 0.6 is 0 Å². The molecular formula is C14H26N4O. The van der Waals surface area contributed by atoms with E-state index in [1.165, 1.54) is 25.0 Å². The fraction of sp³-hybridized carbons (Fsp3) is 0.786. The Balaban J connectivity index is 2.01. The third kappa shape index (κ3) is 3.48. The highest BCUT2D eigenvalue weighted by molar-refractivity contribution is 5.09. The quantitative estimate of drug-likeness (QED) is 0.793. The van der Waals surface area contributed by atoms with Gasteiger partial charge in [-0.15, -0.1) is 0 Å². The summed E-state index contributed by atoms with van der Waals surface area (Å²) in [5.74, 6) is 0. The Morgan fingerprint density at radius 3 is 2.79 bits per heavy atom. The molecule has 2 heterocycles. The summed E-state index contributed by atoms with van der Waals surface area (Å²) in [6.45, 7) is 7.05. The number of nitrogens with one attached hydrogen (secondary N) is 1. The molecule has 1 fully saturated rings. The van der Waals surface area contributed by atoms with Crippen molar-refractivity contribution in [1.29, 1.82) is 0 Å². The molecule has 1 aliphatic rings. The molecule has 1 aromatic heterocycles. The van der Waals surface area contributed by atoms with Crippen molar-refractivity contribution in [1.82, 2.24) is 15.0 Å². The molecule has 0 bridgehead atoms. The molecule has 0 aromatic carbocycles. The van der Waals surface area contributed by atoms with Crippen molar-refractivity contribution in [3.63, 3.8) is 0 Å². The van der Waals surface area contributed by atoms with Gasteiger partial charge in [-0.1, -0.05) is 0 Å². The molecule has 2 atom stereocenters. The molecule has 19 heavy (non-hydrogen) atoms. The number of nitrogens with zero attached hydrogens (tertiary/aromatic N) is 3. The van der Waals surface area contributed by atoms with E-state index < -0.39 is 0 Å². The van der Waals surface area contributed by atoms with Gasteiger partial charge in [0.15, 0.2) is 0 Å². The van der Waals surface area contributed by atoms with Crippen LogP contribution in [0.5, 0.6) is 0 Å². The number of hydrogen-bond donors (Lipinski definition) is 1. The Morgan fingerprint density at radius 2 is 2.11 bits per heavy atom. The number of ether oxygens (including phenoxy) is 1. The van der Waals surface area contributed by atoms with E-state index in [2.05, 4.69) is 33.8 Å². The first-order chi connectivity index (χ1) is 9.24. The van der Waals surface area contributed by atoms with Crippen molar-refractivity contribution in [3.8, 4) is 0 Å². The smallest absolute Gasteiger partial charge is 0.114 e. The first kappa shape index (κ1) is 14.3. The van der Waals surface area contributed by atoms with E-state index in [4.69, 9.17) is 4.74 Å². The van der Waals surface area contributed by atoms with Gasteiger partial charge in [0, 0.05) is 32.3 Å². The zero-order valence-corrected chi connectivity index (χ0v) is 12.3. The van der Waals surface area contributed by atoms with E-state index in [0.717, 1.165) is 19.7 Å².